The minimum Gasteiger partial charge on any atom is -0.410 e. The molecular weight excluding hydrogens is 406 g/mol. The predicted molar refractivity (Wildman–Crippen MR) is 117 cm³/mol. The number of aromatic nitrogens is 2. The molecule has 1 aliphatic rings. The molecule has 0 bridgehead atoms. The van der Waals surface area contributed by atoms with Crippen molar-refractivity contribution in [3.63, 3.8) is 0 Å². The molecule has 2 aromatic rings. The van der Waals surface area contributed by atoms with E-state index in [2.05, 4.69) is 42.4 Å². The van der Waals surface area contributed by atoms with Gasteiger partial charge in [0.05, 0.1) is 10.1 Å². The lowest BCUT2D eigenvalue weighted by Gasteiger charge is -2.33. The van der Waals surface area contributed by atoms with Crippen molar-refractivity contribution in [3.8, 4) is 10.8 Å². The topological polar surface area (TPSA) is 77.2 Å². The molecule has 1 N–H and O–H groups in total. The number of carbonyl (C=O) groups is 1. The van der Waals surface area contributed by atoms with Gasteiger partial charge < -0.3 is 14.5 Å². The van der Waals surface area contributed by atoms with Crippen LogP contribution < -0.4 is 5.32 Å². The predicted octanol–water partition coefficient (Wildman–Crippen LogP) is 4.58. The summed E-state index contributed by atoms with van der Waals surface area (Å²) >= 11 is 3.05. The van der Waals surface area contributed by atoms with Crippen LogP contribution in [0.1, 0.15) is 51.0 Å². The van der Waals surface area contributed by atoms with Crippen LogP contribution in [0, 0.1) is 11.3 Å². The first-order valence-corrected chi connectivity index (χ1v) is 11.9. The van der Waals surface area contributed by atoms with Crippen molar-refractivity contribution in [2.75, 3.05) is 20.3 Å². The summed E-state index contributed by atoms with van der Waals surface area (Å²) in [5.41, 5.74) is 1.75. The molecule has 29 heavy (non-hydrogen) atoms. The quantitative estimate of drug-likeness (QED) is 0.481. The summed E-state index contributed by atoms with van der Waals surface area (Å²) in [6.45, 7) is 10.1. The lowest BCUT2D eigenvalue weighted by Crippen LogP contribution is -2.32. The largest absolute Gasteiger partial charge is 0.410 e. The molecule has 0 radical (unpaired) electrons. The summed E-state index contributed by atoms with van der Waals surface area (Å²) in [6, 6.07) is 2.21. The van der Waals surface area contributed by atoms with Gasteiger partial charge in [-0.15, -0.1) is 21.5 Å². The summed E-state index contributed by atoms with van der Waals surface area (Å²) in [4.78, 5) is 14.6. The Bertz CT molecular complexity index is 825. The van der Waals surface area contributed by atoms with E-state index >= 15 is 0 Å². The van der Waals surface area contributed by atoms with Crippen LogP contribution >= 0.6 is 23.1 Å². The third-order valence-corrected chi connectivity index (χ3v) is 7.56. The number of ether oxygens (including phenoxy) is 1. The zero-order valence-corrected chi connectivity index (χ0v) is 19.5. The summed E-state index contributed by atoms with van der Waals surface area (Å²) in [5, 5.41) is 11.4. The number of hydrogen-bond donors (Lipinski definition) is 1. The Hall–Kier alpha value is -1.38. The van der Waals surface area contributed by atoms with E-state index in [9.17, 15) is 4.79 Å². The number of nitrogens with zero attached hydrogens (tertiary/aromatic N) is 2. The second-order valence-corrected chi connectivity index (χ2v) is 11.1. The number of thioether (sulfide) groups is 1. The number of nitrogens with one attached hydrogen (secondary N) is 1. The third-order valence-electron chi connectivity index (χ3n) is 5.40. The Balaban J connectivity index is 1.59. The Morgan fingerprint density at radius 3 is 2.97 bits per heavy atom. The van der Waals surface area contributed by atoms with E-state index in [4.69, 9.17) is 9.15 Å². The van der Waals surface area contributed by atoms with Crippen molar-refractivity contribution < 1.29 is 13.9 Å². The molecule has 0 aliphatic heterocycles. The molecule has 1 aliphatic carbocycles. The molecular formula is C21H31N3O3S2. The number of methoxy groups -OCH3 is 1. The van der Waals surface area contributed by atoms with Gasteiger partial charge in [0.1, 0.15) is 0 Å². The van der Waals surface area contributed by atoms with Crippen LogP contribution in [-0.2, 0) is 22.4 Å². The summed E-state index contributed by atoms with van der Waals surface area (Å²) in [7, 11) is 1.65. The van der Waals surface area contributed by atoms with Crippen molar-refractivity contribution in [1.29, 1.82) is 0 Å². The number of aryl methyl sites for hydroxylation is 1. The molecule has 1 amide bonds. The van der Waals surface area contributed by atoms with E-state index in [1.165, 1.54) is 28.6 Å². The lowest BCUT2D eigenvalue weighted by molar-refractivity contribution is -0.120. The van der Waals surface area contributed by atoms with Crippen LogP contribution in [0.5, 0.6) is 0 Å². The van der Waals surface area contributed by atoms with Gasteiger partial charge in [0.15, 0.2) is 0 Å². The molecule has 0 fully saturated rings. The van der Waals surface area contributed by atoms with E-state index in [-0.39, 0.29) is 11.2 Å². The highest BCUT2D eigenvalue weighted by atomic mass is 32.2. The van der Waals surface area contributed by atoms with E-state index < -0.39 is 0 Å². The number of carbonyl (C=O) groups excluding carboxylic acids is 1. The molecule has 160 valence electrons. The minimum absolute atomic E-state index is 0.0364. The van der Waals surface area contributed by atoms with Crippen molar-refractivity contribution in [2.45, 2.75) is 63.9 Å². The fourth-order valence-electron chi connectivity index (χ4n) is 3.50. The van der Waals surface area contributed by atoms with Crippen LogP contribution in [0.3, 0.4) is 0 Å². The summed E-state index contributed by atoms with van der Waals surface area (Å²) < 4.78 is 10.8. The Morgan fingerprint density at radius 2 is 2.24 bits per heavy atom. The molecule has 2 unspecified atom stereocenters. The maximum absolute atomic E-state index is 12.2. The lowest BCUT2D eigenvalue weighted by atomic mass is 9.72. The van der Waals surface area contributed by atoms with E-state index in [0.29, 0.717) is 35.6 Å². The molecule has 0 spiro atoms. The molecule has 0 aromatic carbocycles. The van der Waals surface area contributed by atoms with Gasteiger partial charge in [-0.25, -0.2) is 0 Å². The highest BCUT2D eigenvalue weighted by molar-refractivity contribution is 8.00. The third kappa shape index (κ3) is 5.83. The molecule has 2 atom stereocenters. The monoisotopic (exact) mass is 437 g/mol. The highest BCUT2D eigenvalue weighted by Crippen LogP contribution is 2.42. The maximum atomic E-state index is 12.2. The van der Waals surface area contributed by atoms with Crippen LogP contribution in [0.25, 0.3) is 10.8 Å². The fraction of sp³-hybridized carbons (Fsp3) is 0.667. The normalized spacial score (nSPS) is 17.8. The second-order valence-electron chi connectivity index (χ2n) is 8.64. The molecule has 2 aromatic heterocycles. The number of fused-ring (bicyclic) bond motifs is 1. The Kier molecular flexibility index (Phi) is 7.40. The maximum Gasteiger partial charge on any atom is 0.277 e. The molecule has 2 heterocycles. The summed E-state index contributed by atoms with van der Waals surface area (Å²) in [6.07, 6.45) is 4.27. The smallest absolute Gasteiger partial charge is 0.277 e. The first kappa shape index (κ1) is 22.3. The molecule has 8 heteroatoms. The van der Waals surface area contributed by atoms with Gasteiger partial charge in [-0.2, -0.15) is 0 Å². The fourth-order valence-corrected chi connectivity index (χ4v) is 5.34. The first-order chi connectivity index (χ1) is 13.8. The zero-order valence-electron chi connectivity index (χ0n) is 17.9. The van der Waals surface area contributed by atoms with Gasteiger partial charge in [-0.05, 0) is 55.6 Å². The van der Waals surface area contributed by atoms with Gasteiger partial charge in [-0.1, -0.05) is 32.5 Å². The molecule has 0 saturated heterocycles. The SMILES string of the molecule is COCCCNC(=O)C(C)Sc1nnc(-c2cc3c(s2)CCC(C(C)(C)C)C3)o1. The number of amides is 1. The Morgan fingerprint density at radius 1 is 1.45 bits per heavy atom. The van der Waals surface area contributed by atoms with Gasteiger partial charge in [0.2, 0.25) is 5.91 Å². The van der Waals surface area contributed by atoms with Crippen LogP contribution in [-0.4, -0.2) is 41.6 Å². The van der Waals surface area contributed by atoms with E-state index in [0.717, 1.165) is 24.1 Å². The highest BCUT2D eigenvalue weighted by Gasteiger charge is 2.30. The first-order valence-electron chi connectivity index (χ1n) is 10.2. The van der Waals surface area contributed by atoms with Crippen LogP contribution in [0.15, 0.2) is 15.7 Å². The van der Waals surface area contributed by atoms with Crippen molar-refractivity contribution >= 4 is 29.0 Å². The van der Waals surface area contributed by atoms with Crippen molar-refractivity contribution in [1.82, 2.24) is 15.5 Å². The van der Waals surface area contributed by atoms with E-state index in [1.54, 1.807) is 18.4 Å². The average molecular weight is 438 g/mol. The van der Waals surface area contributed by atoms with Crippen molar-refractivity contribution in [2.24, 2.45) is 11.3 Å². The van der Waals surface area contributed by atoms with Gasteiger partial charge in [-0.3, -0.25) is 4.79 Å². The standard InChI is InChI=1S/C21H31N3O3S2/c1-13(18(25)22-9-6-10-26-5)28-20-24-23-19(27-20)17-12-14-11-15(21(2,3)4)7-8-16(14)29-17/h12-13,15H,6-11H2,1-5H3,(H,22,25). The number of thiophene rings is 1. The van der Waals surface area contributed by atoms with Gasteiger partial charge in [0, 0.05) is 25.1 Å². The van der Waals surface area contributed by atoms with Gasteiger partial charge in [0.25, 0.3) is 11.1 Å². The van der Waals surface area contributed by atoms with Crippen molar-refractivity contribution in [3.05, 3.63) is 16.5 Å². The van der Waals surface area contributed by atoms with Crippen LogP contribution in [0.2, 0.25) is 0 Å². The van der Waals surface area contributed by atoms with Crippen LogP contribution in [0.4, 0.5) is 0 Å². The zero-order chi connectivity index (χ0) is 21.0. The van der Waals surface area contributed by atoms with Gasteiger partial charge >= 0.3 is 0 Å². The van der Waals surface area contributed by atoms with E-state index in [1.807, 2.05) is 6.92 Å². The Labute approximate surface area is 181 Å². The number of hydrogen-bond acceptors (Lipinski definition) is 7. The number of rotatable bonds is 8. The molecule has 3 rings (SSSR count). The second kappa shape index (κ2) is 9.62. The summed E-state index contributed by atoms with van der Waals surface area (Å²) in [5.74, 6) is 1.21. The molecule has 0 saturated carbocycles. The minimum atomic E-state index is -0.296. The average Bonchev–Trinajstić information content (AvgIpc) is 3.30. The molecule has 6 nitrogen and oxygen atoms in total.